The molecular formula is C31H39N5O2S. The fraction of sp³-hybridized carbons (Fsp3) is 0.387. The largest absolute Gasteiger partial charge is 0.354 e. The van der Waals surface area contributed by atoms with E-state index in [4.69, 9.17) is 5.10 Å². The summed E-state index contributed by atoms with van der Waals surface area (Å²) in [6.45, 7) is 13.7. The number of anilines is 1. The van der Waals surface area contributed by atoms with Crippen LogP contribution in [0.5, 0.6) is 0 Å². The van der Waals surface area contributed by atoms with Crippen LogP contribution in [0.25, 0.3) is 16.5 Å². The highest BCUT2D eigenvalue weighted by Gasteiger charge is 2.32. The molecule has 2 heterocycles. The summed E-state index contributed by atoms with van der Waals surface area (Å²) in [6.07, 6.45) is 0. The summed E-state index contributed by atoms with van der Waals surface area (Å²) in [7, 11) is -3.78. The van der Waals surface area contributed by atoms with Crippen LogP contribution in [0.4, 0.5) is 5.82 Å². The Kier molecular flexibility index (Phi) is 8.07. The summed E-state index contributed by atoms with van der Waals surface area (Å²) in [4.78, 5) is 5.18. The number of sulfonamides is 1. The normalized spacial score (nSPS) is 15.1. The number of nitrogens with zero attached hydrogens (tertiary/aromatic N) is 5. The molecule has 0 N–H and O–H groups in total. The molecule has 0 bridgehead atoms. The highest BCUT2D eigenvalue weighted by atomic mass is 32.2. The molecule has 1 aliphatic rings. The lowest BCUT2D eigenvalue weighted by Gasteiger charge is -2.36. The Morgan fingerprint density at radius 3 is 2.26 bits per heavy atom. The first-order valence-electron chi connectivity index (χ1n) is 13.9. The zero-order chi connectivity index (χ0) is 27.6. The molecule has 1 aromatic heterocycles. The van der Waals surface area contributed by atoms with Crippen LogP contribution in [0.3, 0.4) is 0 Å². The second-order valence-electron chi connectivity index (χ2n) is 10.7. The van der Waals surface area contributed by atoms with Gasteiger partial charge in [-0.05, 0) is 43.0 Å². The fourth-order valence-corrected chi connectivity index (χ4v) is 7.26. The second kappa shape index (κ2) is 11.5. The highest BCUT2D eigenvalue weighted by Crippen LogP contribution is 2.33. The molecule has 1 fully saturated rings. The van der Waals surface area contributed by atoms with Crippen molar-refractivity contribution in [2.75, 3.05) is 44.2 Å². The van der Waals surface area contributed by atoms with Crippen molar-refractivity contribution in [3.05, 3.63) is 84.1 Å². The number of piperazine rings is 1. The highest BCUT2D eigenvalue weighted by molar-refractivity contribution is 7.89. The number of hydrogen-bond acceptors (Lipinski definition) is 5. The number of aromatic nitrogens is 2. The number of para-hydroxylation sites is 1. The molecule has 4 aromatic rings. The third-order valence-corrected chi connectivity index (χ3v) is 9.42. The molecule has 0 unspecified atom stereocenters. The van der Waals surface area contributed by atoms with Crippen molar-refractivity contribution < 1.29 is 8.42 Å². The van der Waals surface area contributed by atoms with Crippen molar-refractivity contribution in [1.82, 2.24) is 19.0 Å². The SMILES string of the molecule is CCN1CCN(c2c(CN(CC(C)C)S(=O)(=O)c3cccc4ccccc34)c(C)nn2-c2ccccc2)CC1. The second-order valence-corrected chi connectivity index (χ2v) is 12.6. The number of rotatable bonds is 9. The van der Waals surface area contributed by atoms with Gasteiger partial charge >= 0.3 is 0 Å². The van der Waals surface area contributed by atoms with Gasteiger partial charge in [-0.2, -0.15) is 9.40 Å². The van der Waals surface area contributed by atoms with E-state index >= 15 is 0 Å². The minimum Gasteiger partial charge on any atom is -0.354 e. The Morgan fingerprint density at radius 2 is 1.56 bits per heavy atom. The lowest BCUT2D eigenvalue weighted by atomic mass is 10.1. The Bertz CT molecular complexity index is 1520. The average Bonchev–Trinajstić information content (AvgIpc) is 3.28. The van der Waals surface area contributed by atoms with Gasteiger partial charge in [0.25, 0.3) is 0 Å². The molecule has 206 valence electrons. The Hall–Kier alpha value is -3.20. The first kappa shape index (κ1) is 27.4. The summed E-state index contributed by atoms with van der Waals surface area (Å²) < 4.78 is 32.3. The third kappa shape index (κ3) is 5.60. The molecule has 1 aliphatic heterocycles. The summed E-state index contributed by atoms with van der Waals surface area (Å²) in [6, 6.07) is 23.4. The minimum atomic E-state index is -3.78. The van der Waals surface area contributed by atoms with Crippen molar-refractivity contribution in [2.45, 2.75) is 39.1 Å². The number of aryl methyl sites for hydroxylation is 1. The van der Waals surface area contributed by atoms with Gasteiger partial charge in [0.2, 0.25) is 10.0 Å². The quantitative estimate of drug-likeness (QED) is 0.285. The van der Waals surface area contributed by atoms with Gasteiger partial charge in [0.1, 0.15) is 5.82 Å². The Balaban J connectivity index is 1.60. The van der Waals surface area contributed by atoms with E-state index in [0.29, 0.717) is 11.4 Å². The molecule has 0 atom stereocenters. The van der Waals surface area contributed by atoms with Gasteiger partial charge in [-0.15, -0.1) is 0 Å². The van der Waals surface area contributed by atoms with Crippen LogP contribution in [0, 0.1) is 12.8 Å². The molecule has 3 aromatic carbocycles. The molecule has 0 radical (unpaired) electrons. The van der Waals surface area contributed by atoms with E-state index in [9.17, 15) is 8.42 Å². The van der Waals surface area contributed by atoms with Crippen LogP contribution in [0.1, 0.15) is 32.0 Å². The number of hydrogen-bond donors (Lipinski definition) is 0. The van der Waals surface area contributed by atoms with Crippen LogP contribution in [0.2, 0.25) is 0 Å². The summed E-state index contributed by atoms with van der Waals surface area (Å²) in [5.74, 6) is 1.16. The topological polar surface area (TPSA) is 61.7 Å². The number of likely N-dealkylation sites (N-methyl/N-ethyl adjacent to an activating group) is 1. The van der Waals surface area contributed by atoms with E-state index < -0.39 is 10.0 Å². The maximum absolute atomic E-state index is 14.3. The third-order valence-electron chi connectivity index (χ3n) is 7.55. The van der Waals surface area contributed by atoms with Gasteiger partial charge in [-0.25, -0.2) is 13.1 Å². The molecular weight excluding hydrogens is 506 g/mol. The van der Waals surface area contributed by atoms with E-state index in [1.165, 1.54) is 0 Å². The predicted octanol–water partition coefficient (Wildman–Crippen LogP) is 5.32. The van der Waals surface area contributed by atoms with Crippen LogP contribution in [-0.4, -0.2) is 66.7 Å². The van der Waals surface area contributed by atoms with Crippen LogP contribution >= 0.6 is 0 Å². The van der Waals surface area contributed by atoms with Crippen LogP contribution < -0.4 is 4.90 Å². The first-order valence-corrected chi connectivity index (χ1v) is 15.3. The van der Waals surface area contributed by atoms with Crippen LogP contribution in [-0.2, 0) is 16.6 Å². The predicted molar refractivity (Wildman–Crippen MR) is 159 cm³/mol. The summed E-state index contributed by atoms with van der Waals surface area (Å²) in [5.41, 5.74) is 2.80. The van der Waals surface area contributed by atoms with Crippen molar-refractivity contribution in [3.63, 3.8) is 0 Å². The molecule has 1 saturated heterocycles. The maximum Gasteiger partial charge on any atom is 0.244 e. The van der Waals surface area contributed by atoms with Gasteiger partial charge in [-0.1, -0.05) is 75.4 Å². The lowest BCUT2D eigenvalue weighted by Crippen LogP contribution is -2.47. The average molecular weight is 546 g/mol. The summed E-state index contributed by atoms with van der Waals surface area (Å²) >= 11 is 0. The molecule has 39 heavy (non-hydrogen) atoms. The zero-order valence-corrected chi connectivity index (χ0v) is 24.2. The van der Waals surface area contributed by atoms with Crippen LogP contribution in [0.15, 0.2) is 77.7 Å². The van der Waals surface area contributed by atoms with E-state index in [0.717, 1.165) is 66.3 Å². The monoisotopic (exact) mass is 545 g/mol. The molecule has 0 saturated carbocycles. The van der Waals surface area contributed by atoms with E-state index in [-0.39, 0.29) is 12.5 Å². The molecule has 7 nitrogen and oxygen atoms in total. The van der Waals surface area contributed by atoms with E-state index in [2.05, 4.69) is 42.7 Å². The Labute approximate surface area is 232 Å². The van der Waals surface area contributed by atoms with Gasteiger partial charge in [0, 0.05) is 50.2 Å². The molecule has 0 spiro atoms. The first-order chi connectivity index (χ1) is 18.8. The number of benzene rings is 3. The molecule has 5 rings (SSSR count). The Morgan fingerprint density at radius 1 is 0.897 bits per heavy atom. The fourth-order valence-electron chi connectivity index (χ4n) is 5.47. The maximum atomic E-state index is 14.3. The van der Waals surface area contributed by atoms with Crippen molar-refractivity contribution >= 4 is 26.6 Å². The van der Waals surface area contributed by atoms with Gasteiger partial charge in [-0.3, -0.25) is 0 Å². The van der Waals surface area contributed by atoms with Gasteiger partial charge in [0.05, 0.1) is 16.3 Å². The van der Waals surface area contributed by atoms with Crippen molar-refractivity contribution in [2.24, 2.45) is 5.92 Å². The lowest BCUT2D eigenvalue weighted by molar-refractivity contribution is 0.269. The smallest absolute Gasteiger partial charge is 0.244 e. The van der Waals surface area contributed by atoms with Crippen molar-refractivity contribution in [3.8, 4) is 5.69 Å². The summed E-state index contributed by atoms with van der Waals surface area (Å²) in [5, 5.41) is 6.65. The number of fused-ring (bicyclic) bond motifs is 1. The minimum absolute atomic E-state index is 0.163. The van der Waals surface area contributed by atoms with E-state index in [1.807, 2.05) is 66.2 Å². The zero-order valence-electron chi connectivity index (χ0n) is 23.4. The molecule has 8 heteroatoms. The standard InChI is InChI=1S/C31H39N5O2S/c1-5-33-18-20-34(21-19-33)31-29(25(4)32-36(31)27-14-7-6-8-15-27)23-35(22-24(2)3)39(37,38)30-17-11-13-26-12-9-10-16-28(26)30/h6-17,24H,5,18-23H2,1-4H3. The van der Waals surface area contributed by atoms with Gasteiger partial charge < -0.3 is 9.80 Å². The molecule has 0 amide bonds. The van der Waals surface area contributed by atoms with Crippen molar-refractivity contribution in [1.29, 1.82) is 0 Å². The van der Waals surface area contributed by atoms with Gasteiger partial charge in [0.15, 0.2) is 0 Å². The molecule has 0 aliphatic carbocycles. The van der Waals surface area contributed by atoms with E-state index in [1.54, 1.807) is 10.4 Å².